The highest BCUT2D eigenvalue weighted by atomic mass is 35.5. The number of ether oxygens (including phenoxy) is 2. The molecule has 0 N–H and O–H groups in total. The van der Waals surface area contributed by atoms with Gasteiger partial charge in [-0.3, -0.25) is 0 Å². The predicted molar refractivity (Wildman–Crippen MR) is 83.7 cm³/mol. The summed E-state index contributed by atoms with van der Waals surface area (Å²) in [4.78, 5) is 0. The first-order valence-electron chi connectivity index (χ1n) is 7.18. The fourth-order valence-corrected chi connectivity index (χ4v) is 2.74. The van der Waals surface area contributed by atoms with Crippen LogP contribution < -0.4 is 21.9 Å². The molecule has 3 nitrogen and oxygen atoms in total. The van der Waals surface area contributed by atoms with Gasteiger partial charge in [-0.25, -0.2) is 4.58 Å². The lowest BCUT2D eigenvalue weighted by Gasteiger charge is -2.16. The third-order valence-corrected chi connectivity index (χ3v) is 3.86. The molecule has 0 spiro atoms. The van der Waals surface area contributed by atoms with Gasteiger partial charge in [0.2, 0.25) is 0 Å². The molecule has 0 bridgehead atoms. The summed E-state index contributed by atoms with van der Waals surface area (Å²) < 4.78 is 13.1. The summed E-state index contributed by atoms with van der Waals surface area (Å²) in [5, 5.41) is 0. The Morgan fingerprint density at radius 1 is 1.00 bits per heavy atom. The van der Waals surface area contributed by atoms with Crippen LogP contribution in [-0.2, 0) is 13.0 Å². The van der Waals surface area contributed by atoms with E-state index in [0.717, 1.165) is 31.0 Å². The third kappa shape index (κ3) is 3.42. The summed E-state index contributed by atoms with van der Waals surface area (Å²) in [6.07, 6.45) is 3.24. The number of hydrogen-bond acceptors (Lipinski definition) is 2. The maximum absolute atomic E-state index is 5.39. The standard InChI is InChI=1S/C18H20NO2.ClH/c1-20-17-10-15-8-9-19(12-14-6-4-3-5-7-14)13-16(15)11-18(17)21-2;/h3-7,10-11,13H,8-9,12H2,1-2H3;1H/q+1;/p-1. The summed E-state index contributed by atoms with van der Waals surface area (Å²) in [5.41, 5.74) is 3.87. The molecular formula is C18H20ClNO2. The molecule has 2 aromatic carbocycles. The Hall–Kier alpha value is -2.00. The predicted octanol–water partition coefficient (Wildman–Crippen LogP) is -0.104. The van der Waals surface area contributed by atoms with Gasteiger partial charge in [-0.15, -0.1) is 0 Å². The fraction of sp³-hybridized carbons (Fsp3) is 0.278. The van der Waals surface area contributed by atoms with Crippen LogP contribution in [0.5, 0.6) is 11.5 Å². The number of halogens is 1. The Morgan fingerprint density at radius 2 is 1.68 bits per heavy atom. The number of hydrogen-bond donors (Lipinski definition) is 0. The van der Waals surface area contributed by atoms with Gasteiger partial charge >= 0.3 is 0 Å². The zero-order valence-corrected chi connectivity index (χ0v) is 13.6. The van der Waals surface area contributed by atoms with Crippen LogP contribution in [0, 0.1) is 0 Å². The Balaban J connectivity index is 0.00000176. The molecule has 3 rings (SSSR count). The van der Waals surface area contributed by atoms with E-state index in [-0.39, 0.29) is 12.4 Å². The van der Waals surface area contributed by atoms with Crippen molar-refractivity contribution in [1.82, 2.24) is 0 Å². The Labute approximate surface area is 137 Å². The van der Waals surface area contributed by atoms with Crippen LogP contribution >= 0.6 is 0 Å². The van der Waals surface area contributed by atoms with Crippen LogP contribution in [0.15, 0.2) is 42.5 Å². The lowest BCUT2D eigenvalue weighted by molar-refractivity contribution is -0.540. The number of nitrogens with zero attached hydrogens (tertiary/aromatic N) is 1. The van der Waals surface area contributed by atoms with E-state index in [2.05, 4.69) is 53.3 Å². The van der Waals surface area contributed by atoms with Crippen LogP contribution in [0.4, 0.5) is 0 Å². The highest BCUT2D eigenvalue weighted by molar-refractivity contribution is 5.80. The normalized spacial score (nSPS) is 12.7. The maximum Gasteiger partial charge on any atom is 0.171 e. The maximum atomic E-state index is 5.39. The van der Waals surface area contributed by atoms with Gasteiger partial charge in [0.1, 0.15) is 6.54 Å². The summed E-state index contributed by atoms with van der Waals surface area (Å²) in [7, 11) is 3.35. The van der Waals surface area contributed by atoms with Gasteiger partial charge in [0.25, 0.3) is 0 Å². The number of fused-ring (bicyclic) bond motifs is 1. The van der Waals surface area contributed by atoms with Gasteiger partial charge in [-0.2, -0.15) is 0 Å². The second-order valence-corrected chi connectivity index (χ2v) is 5.24. The van der Waals surface area contributed by atoms with Crippen molar-refractivity contribution in [2.24, 2.45) is 0 Å². The van der Waals surface area contributed by atoms with Gasteiger partial charge in [-0.05, 0) is 17.7 Å². The van der Waals surface area contributed by atoms with Gasteiger partial charge in [0.05, 0.1) is 14.2 Å². The smallest absolute Gasteiger partial charge is 0.171 e. The molecule has 4 heteroatoms. The SMILES string of the molecule is COc1cc2c(cc1OC)CC[N+](Cc1ccccc1)=C2.[Cl-]. The van der Waals surface area contributed by atoms with E-state index in [1.54, 1.807) is 14.2 Å². The molecular weight excluding hydrogens is 298 g/mol. The van der Waals surface area contributed by atoms with E-state index >= 15 is 0 Å². The molecule has 0 saturated heterocycles. The summed E-state index contributed by atoms with van der Waals surface area (Å²) in [6.45, 7) is 1.96. The summed E-state index contributed by atoms with van der Waals surface area (Å²) in [6, 6.07) is 14.7. The molecule has 1 aliphatic heterocycles. The van der Waals surface area contributed by atoms with Crippen LogP contribution in [0.2, 0.25) is 0 Å². The minimum absolute atomic E-state index is 0. The Bertz CT molecular complexity index is 668. The number of rotatable bonds is 4. The quantitative estimate of drug-likeness (QED) is 0.734. The number of methoxy groups -OCH3 is 2. The van der Waals surface area contributed by atoms with Gasteiger partial charge in [0.15, 0.2) is 24.3 Å². The molecule has 2 aromatic rings. The lowest BCUT2D eigenvalue weighted by Crippen LogP contribution is -3.00. The first kappa shape index (κ1) is 16.4. The van der Waals surface area contributed by atoms with Crippen molar-refractivity contribution in [2.75, 3.05) is 20.8 Å². The molecule has 0 aromatic heterocycles. The molecule has 22 heavy (non-hydrogen) atoms. The van der Waals surface area contributed by atoms with Gasteiger partial charge < -0.3 is 21.9 Å². The summed E-state index contributed by atoms with van der Waals surface area (Å²) in [5.74, 6) is 1.59. The van der Waals surface area contributed by atoms with Crippen molar-refractivity contribution in [3.05, 3.63) is 59.2 Å². The van der Waals surface area contributed by atoms with E-state index in [1.165, 1.54) is 16.7 Å². The van der Waals surface area contributed by atoms with Crippen molar-refractivity contribution in [3.8, 4) is 11.5 Å². The first-order valence-corrected chi connectivity index (χ1v) is 7.18. The average Bonchev–Trinajstić information content (AvgIpc) is 2.54. The average molecular weight is 318 g/mol. The van der Waals surface area contributed by atoms with Crippen molar-refractivity contribution in [2.45, 2.75) is 13.0 Å². The highest BCUT2D eigenvalue weighted by Crippen LogP contribution is 2.31. The lowest BCUT2D eigenvalue weighted by atomic mass is 10.0. The molecule has 0 fully saturated rings. The van der Waals surface area contributed by atoms with Crippen molar-refractivity contribution >= 4 is 6.21 Å². The minimum atomic E-state index is 0. The molecule has 1 aliphatic rings. The van der Waals surface area contributed by atoms with Crippen LogP contribution in [0.1, 0.15) is 16.7 Å². The molecule has 116 valence electrons. The van der Waals surface area contributed by atoms with Gasteiger partial charge in [0, 0.05) is 17.5 Å². The second kappa shape index (κ2) is 7.32. The Kier molecular flexibility index (Phi) is 5.45. The molecule has 0 radical (unpaired) electrons. The monoisotopic (exact) mass is 317 g/mol. The van der Waals surface area contributed by atoms with E-state index < -0.39 is 0 Å². The van der Waals surface area contributed by atoms with E-state index in [9.17, 15) is 0 Å². The molecule has 0 saturated carbocycles. The van der Waals surface area contributed by atoms with Crippen LogP contribution in [0.3, 0.4) is 0 Å². The van der Waals surface area contributed by atoms with E-state index in [0.29, 0.717) is 0 Å². The fourth-order valence-electron chi connectivity index (χ4n) is 2.74. The topological polar surface area (TPSA) is 21.5 Å². The third-order valence-electron chi connectivity index (χ3n) is 3.86. The molecule has 0 atom stereocenters. The first-order chi connectivity index (χ1) is 10.3. The zero-order valence-electron chi connectivity index (χ0n) is 12.9. The number of benzene rings is 2. The Morgan fingerprint density at radius 3 is 2.36 bits per heavy atom. The highest BCUT2D eigenvalue weighted by Gasteiger charge is 2.19. The molecule has 1 heterocycles. The van der Waals surface area contributed by atoms with E-state index in [1.807, 2.05) is 0 Å². The van der Waals surface area contributed by atoms with E-state index in [4.69, 9.17) is 9.47 Å². The van der Waals surface area contributed by atoms with Crippen LogP contribution in [0.25, 0.3) is 0 Å². The molecule has 0 unspecified atom stereocenters. The zero-order chi connectivity index (χ0) is 14.7. The van der Waals surface area contributed by atoms with Crippen molar-refractivity contribution in [1.29, 1.82) is 0 Å². The largest absolute Gasteiger partial charge is 1.00 e. The molecule has 0 aliphatic carbocycles. The van der Waals surface area contributed by atoms with Crippen molar-refractivity contribution in [3.63, 3.8) is 0 Å². The van der Waals surface area contributed by atoms with Crippen LogP contribution in [-0.4, -0.2) is 31.6 Å². The minimum Gasteiger partial charge on any atom is -1.00 e. The van der Waals surface area contributed by atoms with Crippen molar-refractivity contribution < 1.29 is 26.5 Å². The summed E-state index contributed by atoms with van der Waals surface area (Å²) >= 11 is 0. The molecule has 0 amide bonds. The van der Waals surface area contributed by atoms with Gasteiger partial charge in [-0.1, -0.05) is 30.3 Å². The second-order valence-electron chi connectivity index (χ2n) is 5.24.